The number of carbonyl (C=O) groups is 2. The predicted molar refractivity (Wildman–Crippen MR) is 63.1 cm³/mol. The highest BCUT2D eigenvalue weighted by Gasteiger charge is 2.38. The fourth-order valence-electron chi connectivity index (χ4n) is 1.52. The highest BCUT2D eigenvalue weighted by Crippen LogP contribution is 2.25. The standard InChI is InChI=1S/C12H16N2O3/c1-3-14-10(15)12(2,17-11(13)16)9-7-5-4-6-8-9/h4-8H,3H2,1-2H3,(H2,13,16)(H,14,15). The first-order valence-electron chi connectivity index (χ1n) is 5.33. The third-order valence-electron chi connectivity index (χ3n) is 2.40. The van der Waals surface area contributed by atoms with E-state index in [0.29, 0.717) is 12.1 Å². The van der Waals surface area contributed by atoms with Gasteiger partial charge in [-0.25, -0.2) is 4.79 Å². The lowest BCUT2D eigenvalue weighted by atomic mass is 9.94. The quantitative estimate of drug-likeness (QED) is 0.822. The number of nitrogens with one attached hydrogen (secondary N) is 1. The third-order valence-corrected chi connectivity index (χ3v) is 2.40. The summed E-state index contributed by atoms with van der Waals surface area (Å²) in [7, 11) is 0. The Morgan fingerprint density at radius 3 is 2.41 bits per heavy atom. The number of rotatable bonds is 4. The van der Waals surface area contributed by atoms with Crippen LogP contribution >= 0.6 is 0 Å². The second-order valence-corrected chi connectivity index (χ2v) is 3.68. The molecule has 0 aliphatic heterocycles. The molecule has 1 atom stereocenters. The number of carbonyl (C=O) groups excluding carboxylic acids is 2. The van der Waals surface area contributed by atoms with Gasteiger partial charge in [0.1, 0.15) is 0 Å². The van der Waals surface area contributed by atoms with Crippen LogP contribution in [0.5, 0.6) is 0 Å². The van der Waals surface area contributed by atoms with Crippen LogP contribution in [0.25, 0.3) is 0 Å². The lowest BCUT2D eigenvalue weighted by Crippen LogP contribution is -2.46. The van der Waals surface area contributed by atoms with Crippen LogP contribution in [0.4, 0.5) is 4.79 Å². The van der Waals surface area contributed by atoms with Crippen LogP contribution in [0.2, 0.25) is 0 Å². The van der Waals surface area contributed by atoms with E-state index in [1.807, 2.05) is 6.07 Å². The average molecular weight is 236 g/mol. The average Bonchev–Trinajstić information content (AvgIpc) is 2.29. The van der Waals surface area contributed by atoms with Gasteiger partial charge in [0.15, 0.2) is 0 Å². The molecule has 1 aromatic carbocycles. The van der Waals surface area contributed by atoms with Gasteiger partial charge in [-0.15, -0.1) is 0 Å². The minimum atomic E-state index is -1.40. The van der Waals surface area contributed by atoms with Crippen molar-refractivity contribution in [1.82, 2.24) is 5.32 Å². The molecular formula is C12H16N2O3. The Labute approximate surface area is 99.9 Å². The van der Waals surface area contributed by atoms with Crippen molar-refractivity contribution < 1.29 is 14.3 Å². The summed E-state index contributed by atoms with van der Waals surface area (Å²) in [5.74, 6) is -0.398. The van der Waals surface area contributed by atoms with Crippen molar-refractivity contribution in [2.45, 2.75) is 19.4 Å². The van der Waals surface area contributed by atoms with E-state index in [-0.39, 0.29) is 0 Å². The van der Waals surface area contributed by atoms with Gasteiger partial charge in [-0.1, -0.05) is 30.3 Å². The Kier molecular flexibility index (Phi) is 4.09. The summed E-state index contributed by atoms with van der Waals surface area (Å²) in [4.78, 5) is 22.9. The topological polar surface area (TPSA) is 81.4 Å². The van der Waals surface area contributed by atoms with E-state index in [9.17, 15) is 9.59 Å². The zero-order chi connectivity index (χ0) is 12.9. The highest BCUT2D eigenvalue weighted by molar-refractivity contribution is 5.88. The Morgan fingerprint density at radius 1 is 1.35 bits per heavy atom. The fraction of sp³-hybridized carbons (Fsp3) is 0.333. The van der Waals surface area contributed by atoms with E-state index in [4.69, 9.17) is 10.5 Å². The number of amides is 2. The molecule has 5 nitrogen and oxygen atoms in total. The van der Waals surface area contributed by atoms with Crippen molar-refractivity contribution in [1.29, 1.82) is 0 Å². The van der Waals surface area contributed by atoms with Crippen LogP contribution in [0.3, 0.4) is 0 Å². The normalized spacial score (nSPS) is 13.5. The molecule has 0 fully saturated rings. The Hall–Kier alpha value is -2.04. The predicted octanol–water partition coefficient (Wildman–Crippen LogP) is 1.13. The first-order valence-corrected chi connectivity index (χ1v) is 5.33. The fourth-order valence-corrected chi connectivity index (χ4v) is 1.52. The molecule has 0 heterocycles. The SMILES string of the molecule is CCNC(=O)C(C)(OC(N)=O)c1ccccc1. The molecule has 1 unspecified atom stereocenters. The largest absolute Gasteiger partial charge is 0.428 e. The van der Waals surface area contributed by atoms with Crippen molar-refractivity contribution >= 4 is 12.0 Å². The van der Waals surface area contributed by atoms with Crippen LogP contribution in [-0.4, -0.2) is 18.5 Å². The summed E-state index contributed by atoms with van der Waals surface area (Å²) < 4.78 is 4.97. The van der Waals surface area contributed by atoms with E-state index in [1.54, 1.807) is 31.2 Å². The highest BCUT2D eigenvalue weighted by atomic mass is 16.6. The van der Waals surface area contributed by atoms with Crippen molar-refractivity contribution in [2.24, 2.45) is 5.73 Å². The van der Waals surface area contributed by atoms with Crippen molar-refractivity contribution in [2.75, 3.05) is 6.54 Å². The van der Waals surface area contributed by atoms with Gasteiger partial charge in [-0.05, 0) is 13.8 Å². The van der Waals surface area contributed by atoms with Gasteiger partial charge in [0.2, 0.25) is 5.60 Å². The van der Waals surface area contributed by atoms with Crippen molar-refractivity contribution in [3.05, 3.63) is 35.9 Å². The molecule has 0 aliphatic rings. The molecule has 0 saturated heterocycles. The van der Waals surface area contributed by atoms with Crippen LogP contribution in [0, 0.1) is 0 Å². The summed E-state index contributed by atoms with van der Waals surface area (Å²) in [6, 6.07) is 8.75. The van der Waals surface area contributed by atoms with E-state index in [0.717, 1.165) is 0 Å². The molecule has 0 saturated carbocycles. The smallest absolute Gasteiger partial charge is 0.405 e. The van der Waals surface area contributed by atoms with Gasteiger partial charge < -0.3 is 15.8 Å². The van der Waals surface area contributed by atoms with Gasteiger partial charge in [-0.3, -0.25) is 4.79 Å². The summed E-state index contributed by atoms with van der Waals surface area (Å²) in [5, 5.41) is 2.62. The first kappa shape index (κ1) is 13.0. The molecule has 2 amide bonds. The Balaban J connectivity index is 3.10. The molecule has 0 radical (unpaired) electrons. The zero-order valence-electron chi connectivity index (χ0n) is 9.90. The summed E-state index contributed by atoms with van der Waals surface area (Å²) >= 11 is 0. The van der Waals surface area contributed by atoms with Crippen LogP contribution in [0.15, 0.2) is 30.3 Å². The second kappa shape index (κ2) is 5.34. The van der Waals surface area contributed by atoms with Crippen molar-refractivity contribution in [3.63, 3.8) is 0 Å². The molecule has 0 aliphatic carbocycles. The monoisotopic (exact) mass is 236 g/mol. The maximum atomic E-state index is 12.0. The van der Waals surface area contributed by atoms with Crippen LogP contribution in [-0.2, 0) is 15.1 Å². The zero-order valence-corrected chi connectivity index (χ0v) is 9.90. The van der Waals surface area contributed by atoms with Gasteiger partial charge in [0.05, 0.1) is 0 Å². The third kappa shape index (κ3) is 2.96. The van der Waals surface area contributed by atoms with E-state index < -0.39 is 17.6 Å². The van der Waals surface area contributed by atoms with Crippen LogP contribution in [0.1, 0.15) is 19.4 Å². The molecular weight excluding hydrogens is 220 g/mol. The number of benzene rings is 1. The maximum absolute atomic E-state index is 12.0. The van der Waals surface area contributed by atoms with Crippen LogP contribution < -0.4 is 11.1 Å². The number of primary amides is 1. The van der Waals surface area contributed by atoms with Gasteiger partial charge in [-0.2, -0.15) is 0 Å². The summed E-state index contributed by atoms with van der Waals surface area (Å²) in [6.07, 6.45) is -0.984. The number of nitrogens with two attached hydrogens (primary N) is 1. The molecule has 1 rings (SSSR count). The molecule has 17 heavy (non-hydrogen) atoms. The molecule has 92 valence electrons. The molecule has 5 heteroatoms. The van der Waals surface area contributed by atoms with Crippen molar-refractivity contribution in [3.8, 4) is 0 Å². The number of hydrogen-bond donors (Lipinski definition) is 2. The lowest BCUT2D eigenvalue weighted by molar-refractivity contribution is -0.139. The van der Waals surface area contributed by atoms with Gasteiger partial charge in [0.25, 0.3) is 5.91 Å². The lowest BCUT2D eigenvalue weighted by Gasteiger charge is -2.27. The Morgan fingerprint density at radius 2 is 1.94 bits per heavy atom. The minimum absolute atomic E-state index is 0.398. The van der Waals surface area contributed by atoms with Gasteiger partial charge >= 0.3 is 6.09 Å². The molecule has 0 spiro atoms. The molecule has 0 bridgehead atoms. The van der Waals surface area contributed by atoms with E-state index >= 15 is 0 Å². The first-order chi connectivity index (χ1) is 8.00. The maximum Gasteiger partial charge on any atom is 0.405 e. The number of ether oxygens (including phenoxy) is 1. The molecule has 1 aromatic rings. The van der Waals surface area contributed by atoms with Gasteiger partial charge in [0, 0.05) is 12.1 Å². The van der Waals surface area contributed by atoms with E-state index in [1.165, 1.54) is 6.92 Å². The summed E-state index contributed by atoms with van der Waals surface area (Å²) in [6.45, 7) is 3.75. The summed E-state index contributed by atoms with van der Waals surface area (Å²) in [5.41, 5.74) is 4.18. The minimum Gasteiger partial charge on any atom is -0.428 e. The van der Waals surface area contributed by atoms with E-state index in [2.05, 4.69) is 5.32 Å². The Bertz CT molecular complexity index is 405. The molecule has 3 N–H and O–H groups in total. The second-order valence-electron chi connectivity index (χ2n) is 3.68. The number of hydrogen-bond acceptors (Lipinski definition) is 3. The molecule has 0 aromatic heterocycles. The number of likely N-dealkylation sites (N-methyl/N-ethyl adjacent to an activating group) is 1.